The van der Waals surface area contributed by atoms with Crippen molar-refractivity contribution in [2.45, 2.75) is 13.0 Å². The Morgan fingerprint density at radius 1 is 1.10 bits per heavy atom. The van der Waals surface area contributed by atoms with Crippen molar-refractivity contribution in [1.29, 1.82) is 0 Å². The van der Waals surface area contributed by atoms with Crippen molar-refractivity contribution in [2.75, 3.05) is 12.3 Å². The van der Waals surface area contributed by atoms with Crippen LogP contribution in [0.25, 0.3) is 0 Å². The van der Waals surface area contributed by atoms with Crippen LogP contribution < -0.4 is 5.73 Å². The Morgan fingerprint density at radius 3 is 2.60 bits per heavy atom. The molecular weight excluding hydrogens is 363 g/mol. The van der Waals surface area contributed by atoms with Crippen LogP contribution in [0.1, 0.15) is 21.5 Å². The molecule has 1 aliphatic rings. The Hall–Kier alpha value is -1.56. The average Bonchev–Trinajstić information content (AvgIpc) is 2.46. The predicted octanol–water partition coefficient (Wildman–Crippen LogP) is 3.07. The topological polar surface area (TPSA) is 46.3 Å². The van der Waals surface area contributed by atoms with Gasteiger partial charge in [0.2, 0.25) is 0 Å². The number of benzene rings is 2. The zero-order valence-corrected chi connectivity index (χ0v) is 13.1. The molecule has 4 heteroatoms. The number of nitrogens with zero attached hydrogens (tertiary/aromatic N) is 1. The van der Waals surface area contributed by atoms with Crippen molar-refractivity contribution in [3.05, 3.63) is 62.7 Å². The van der Waals surface area contributed by atoms with Gasteiger partial charge in [-0.2, -0.15) is 0 Å². The molecule has 0 aliphatic carbocycles. The van der Waals surface area contributed by atoms with E-state index in [-0.39, 0.29) is 5.91 Å². The highest BCUT2D eigenvalue weighted by molar-refractivity contribution is 14.1. The van der Waals surface area contributed by atoms with E-state index < -0.39 is 0 Å². The van der Waals surface area contributed by atoms with Gasteiger partial charge in [-0.3, -0.25) is 4.79 Å². The normalized spacial score (nSPS) is 13.9. The molecule has 20 heavy (non-hydrogen) atoms. The summed E-state index contributed by atoms with van der Waals surface area (Å²) in [5.41, 5.74) is 9.79. The van der Waals surface area contributed by atoms with E-state index in [1.807, 2.05) is 41.3 Å². The van der Waals surface area contributed by atoms with Crippen molar-refractivity contribution in [1.82, 2.24) is 4.90 Å². The lowest BCUT2D eigenvalue weighted by molar-refractivity contribution is 0.0734. The summed E-state index contributed by atoms with van der Waals surface area (Å²) in [6.45, 7) is 1.41. The fourth-order valence-corrected chi connectivity index (χ4v) is 2.88. The van der Waals surface area contributed by atoms with Crippen LogP contribution in [0.5, 0.6) is 0 Å². The minimum Gasteiger partial charge on any atom is -0.399 e. The van der Waals surface area contributed by atoms with Crippen molar-refractivity contribution in [2.24, 2.45) is 0 Å². The lowest BCUT2D eigenvalue weighted by atomic mass is 9.98. The molecule has 0 spiro atoms. The molecule has 0 fully saturated rings. The summed E-state index contributed by atoms with van der Waals surface area (Å²) in [5, 5.41) is 0. The summed E-state index contributed by atoms with van der Waals surface area (Å²) in [5.74, 6) is 0.0921. The second-order valence-electron chi connectivity index (χ2n) is 5.01. The van der Waals surface area contributed by atoms with E-state index in [2.05, 4.69) is 28.7 Å². The standard InChI is InChI=1S/C16H15IN2O/c17-14-4-1-12(2-5-14)16(20)19-8-7-11-3-6-15(18)9-13(11)10-19/h1-6,9H,7-8,10,18H2. The largest absolute Gasteiger partial charge is 0.399 e. The summed E-state index contributed by atoms with van der Waals surface area (Å²) in [6, 6.07) is 13.7. The Kier molecular flexibility index (Phi) is 3.65. The first-order chi connectivity index (χ1) is 9.63. The van der Waals surface area contributed by atoms with Crippen LogP contribution in [0.4, 0.5) is 5.69 Å². The first-order valence-electron chi connectivity index (χ1n) is 6.55. The molecule has 1 amide bonds. The number of hydrogen-bond acceptors (Lipinski definition) is 2. The number of rotatable bonds is 1. The zero-order chi connectivity index (χ0) is 14.1. The Balaban J connectivity index is 1.82. The van der Waals surface area contributed by atoms with Gasteiger partial charge in [-0.15, -0.1) is 0 Å². The summed E-state index contributed by atoms with van der Waals surface area (Å²) in [7, 11) is 0. The van der Waals surface area contributed by atoms with Crippen LogP contribution in [0.3, 0.4) is 0 Å². The van der Waals surface area contributed by atoms with Gasteiger partial charge in [0.1, 0.15) is 0 Å². The summed E-state index contributed by atoms with van der Waals surface area (Å²) in [6.07, 6.45) is 0.895. The molecule has 0 saturated heterocycles. The van der Waals surface area contributed by atoms with E-state index >= 15 is 0 Å². The molecule has 0 unspecified atom stereocenters. The molecule has 0 saturated carbocycles. The Labute approximate surface area is 131 Å². The Morgan fingerprint density at radius 2 is 1.85 bits per heavy atom. The van der Waals surface area contributed by atoms with Gasteiger partial charge in [-0.1, -0.05) is 6.07 Å². The predicted molar refractivity (Wildman–Crippen MR) is 88.5 cm³/mol. The molecule has 102 valence electrons. The van der Waals surface area contributed by atoms with Crippen molar-refractivity contribution in [3.63, 3.8) is 0 Å². The van der Waals surface area contributed by atoms with Gasteiger partial charge >= 0.3 is 0 Å². The maximum absolute atomic E-state index is 12.5. The fourth-order valence-electron chi connectivity index (χ4n) is 2.53. The zero-order valence-electron chi connectivity index (χ0n) is 11.0. The van der Waals surface area contributed by atoms with E-state index in [0.717, 1.165) is 33.4 Å². The third-order valence-electron chi connectivity index (χ3n) is 3.62. The quantitative estimate of drug-likeness (QED) is 0.613. The number of carbonyl (C=O) groups is 1. The van der Waals surface area contributed by atoms with Crippen molar-refractivity contribution in [3.8, 4) is 0 Å². The van der Waals surface area contributed by atoms with Crippen LogP contribution in [0.15, 0.2) is 42.5 Å². The van der Waals surface area contributed by atoms with Gasteiger partial charge in [0.15, 0.2) is 0 Å². The van der Waals surface area contributed by atoms with E-state index in [1.165, 1.54) is 5.56 Å². The lowest BCUT2D eigenvalue weighted by Gasteiger charge is -2.29. The highest BCUT2D eigenvalue weighted by Gasteiger charge is 2.21. The number of carbonyl (C=O) groups excluding carboxylic acids is 1. The first kappa shape index (κ1) is 13.4. The third-order valence-corrected chi connectivity index (χ3v) is 4.34. The molecule has 0 radical (unpaired) electrons. The maximum atomic E-state index is 12.5. The Bertz CT molecular complexity index is 652. The average molecular weight is 378 g/mol. The number of nitrogens with two attached hydrogens (primary N) is 1. The summed E-state index contributed by atoms with van der Waals surface area (Å²) < 4.78 is 1.14. The van der Waals surface area contributed by atoms with Crippen LogP contribution in [0, 0.1) is 3.57 Å². The highest BCUT2D eigenvalue weighted by Crippen LogP contribution is 2.22. The number of nitrogen functional groups attached to an aromatic ring is 1. The molecule has 0 atom stereocenters. The van der Waals surface area contributed by atoms with Crippen molar-refractivity contribution >= 4 is 34.2 Å². The molecule has 1 aliphatic heterocycles. The van der Waals surface area contributed by atoms with Gasteiger partial charge in [-0.05, 0) is 76.5 Å². The summed E-state index contributed by atoms with van der Waals surface area (Å²) in [4.78, 5) is 14.4. The molecule has 0 bridgehead atoms. The SMILES string of the molecule is Nc1ccc2c(c1)CN(C(=O)c1ccc(I)cc1)CC2. The lowest BCUT2D eigenvalue weighted by Crippen LogP contribution is -2.36. The van der Waals surface area contributed by atoms with Crippen LogP contribution in [-0.4, -0.2) is 17.4 Å². The van der Waals surface area contributed by atoms with E-state index in [4.69, 9.17) is 5.73 Å². The maximum Gasteiger partial charge on any atom is 0.254 e. The van der Waals surface area contributed by atoms with Crippen LogP contribution in [-0.2, 0) is 13.0 Å². The minimum absolute atomic E-state index is 0.0921. The molecule has 2 aromatic carbocycles. The number of fused-ring (bicyclic) bond motifs is 1. The van der Waals surface area contributed by atoms with Crippen molar-refractivity contribution < 1.29 is 4.79 Å². The number of hydrogen-bond donors (Lipinski definition) is 1. The van der Waals surface area contributed by atoms with Gasteiger partial charge < -0.3 is 10.6 Å². The number of anilines is 1. The van der Waals surface area contributed by atoms with E-state index in [0.29, 0.717) is 6.54 Å². The number of halogens is 1. The van der Waals surface area contributed by atoms with Crippen LogP contribution in [0.2, 0.25) is 0 Å². The summed E-state index contributed by atoms with van der Waals surface area (Å²) >= 11 is 2.24. The fraction of sp³-hybridized carbons (Fsp3) is 0.188. The smallest absolute Gasteiger partial charge is 0.254 e. The third kappa shape index (κ3) is 2.65. The number of amides is 1. The van der Waals surface area contributed by atoms with Gasteiger partial charge in [0, 0.05) is 27.9 Å². The molecular formula is C16H15IN2O. The molecule has 2 aromatic rings. The minimum atomic E-state index is 0.0921. The van der Waals surface area contributed by atoms with E-state index in [1.54, 1.807) is 0 Å². The van der Waals surface area contributed by atoms with Crippen LogP contribution >= 0.6 is 22.6 Å². The van der Waals surface area contributed by atoms with E-state index in [9.17, 15) is 4.79 Å². The van der Waals surface area contributed by atoms with Gasteiger partial charge in [0.25, 0.3) is 5.91 Å². The molecule has 3 nitrogen and oxygen atoms in total. The van der Waals surface area contributed by atoms with Gasteiger partial charge in [-0.25, -0.2) is 0 Å². The molecule has 2 N–H and O–H groups in total. The van der Waals surface area contributed by atoms with Gasteiger partial charge in [0.05, 0.1) is 0 Å². The molecule has 3 rings (SSSR count). The molecule has 1 heterocycles. The monoisotopic (exact) mass is 378 g/mol. The second-order valence-corrected chi connectivity index (χ2v) is 6.26. The first-order valence-corrected chi connectivity index (χ1v) is 7.63. The molecule has 0 aromatic heterocycles. The second kappa shape index (κ2) is 5.44. The highest BCUT2D eigenvalue weighted by atomic mass is 127.